The summed E-state index contributed by atoms with van der Waals surface area (Å²) in [5.74, 6) is -0.154. The highest BCUT2D eigenvalue weighted by Crippen LogP contribution is 2.10. The summed E-state index contributed by atoms with van der Waals surface area (Å²) in [5, 5.41) is 2.46. The van der Waals surface area contributed by atoms with Gasteiger partial charge in [-0.2, -0.15) is 0 Å². The van der Waals surface area contributed by atoms with E-state index in [4.69, 9.17) is 0 Å². The highest BCUT2D eigenvalue weighted by molar-refractivity contribution is 7.90. The van der Waals surface area contributed by atoms with Gasteiger partial charge >= 0.3 is 6.03 Å². The van der Waals surface area contributed by atoms with E-state index >= 15 is 0 Å². The Labute approximate surface area is 118 Å². The van der Waals surface area contributed by atoms with Crippen molar-refractivity contribution >= 4 is 21.8 Å². The number of unbranched alkanes of at least 4 members (excludes halogenated alkanes) is 1. The number of benzene rings is 1. The molecule has 0 aliphatic heterocycles. The molecule has 1 aromatic carbocycles. The predicted octanol–water partition coefficient (Wildman–Crippen LogP) is 1.68. The highest BCUT2D eigenvalue weighted by atomic mass is 32.2. The summed E-state index contributed by atoms with van der Waals surface area (Å²) in [4.78, 5) is 22.5. The number of rotatable bonds is 6. The molecule has 0 saturated carbocycles. The molecular formula is C13H18N2O4S. The first-order valence-electron chi connectivity index (χ1n) is 6.28. The molecule has 0 radical (unpaired) electrons. The zero-order valence-corrected chi connectivity index (χ0v) is 12.3. The van der Waals surface area contributed by atoms with E-state index in [1.165, 1.54) is 31.2 Å². The van der Waals surface area contributed by atoms with Crippen LogP contribution in [0.5, 0.6) is 0 Å². The van der Waals surface area contributed by atoms with Gasteiger partial charge in [-0.15, -0.1) is 0 Å². The van der Waals surface area contributed by atoms with Crippen molar-refractivity contribution in [3.05, 3.63) is 29.8 Å². The summed E-state index contributed by atoms with van der Waals surface area (Å²) in [5.41, 5.74) is 0.413. The Hall–Kier alpha value is -1.89. The van der Waals surface area contributed by atoms with Crippen LogP contribution in [-0.2, 0) is 10.0 Å². The van der Waals surface area contributed by atoms with E-state index in [0.29, 0.717) is 12.1 Å². The number of hydrogen-bond acceptors (Lipinski definition) is 4. The molecule has 0 aliphatic rings. The standard InChI is InChI=1S/C13H18N2O4S/c1-3-4-9-14-13(17)15-20(18,19)12-7-5-11(6-8-12)10(2)16/h5-8H,3-4,9H2,1-2H3,(H2,14,15,17). The zero-order valence-electron chi connectivity index (χ0n) is 11.5. The van der Waals surface area contributed by atoms with Gasteiger partial charge < -0.3 is 5.32 Å². The quantitative estimate of drug-likeness (QED) is 0.617. The third kappa shape index (κ3) is 4.65. The van der Waals surface area contributed by atoms with Crippen molar-refractivity contribution in [2.75, 3.05) is 6.54 Å². The van der Waals surface area contributed by atoms with E-state index < -0.39 is 16.1 Å². The van der Waals surface area contributed by atoms with E-state index in [2.05, 4.69) is 5.32 Å². The molecule has 0 heterocycles. The predicted molar refractivity (Wildman–Crippen MR) is 75.1 cm³/mol. The molecule has 7 heteroatoms. The van der Waals surface area contributed by atoms with Gasteiger partial charge in [-0.3, -0.25) is 4.79 Å². The lowest BCUT2D eigenvalue weighted by atomic mass is 10.2. The van der Waals surface area contributed by atoms with Crippen LogP contribution in [-0.4, -0.2) is 26.8 Å². The number of Topliss-reactive ketones (excluding diaryl/α,β-unsaturated/α-hetero) is 1. The van der Waals surface area contributed by atoms with E-state index in [9.17, 15) is 18.0 Å². The van der Waals surface area contributed by atoms with Gasteiger partial charge in [0.15, 0.2) is 5.78 Å². The number of hydrogen-bond donors (Lipinski definition) is 2. The molecule has 0 unspecified atom stereocenters. The average molecular weight is 298 g/mol. The van der Waals surface area contributed by atoms with E-state index in [-0.39, 0.29) is 10.7 Å². The fourth-order valence-electron chi connectivity index (χ4n) is 1.46. The van der Waals surface area contributed by atoms with Crippen LogP contribution in [0.25, 0.3) is 0 Å². The molecule has 1 rings (SSSR count). The first kappa shape index (κ1) is 16.2. The second-order valence-corrected chi connectivity index (χ2v) is 5.98. The van der Waals surface area contributed by atoms with Crippen molar-refractivity contribution in [2.45, 2.75) is 31.6 Å². The molecule has 0 saturated heterocycles. The maximum atomic E-state index is 11.9. The first-order valence-corrected chi connectivity index (χ1v) is 7.77. The van der Waals surface area contributed by atoms with Crippen LogP contribution in [0.15, 0.2) is 29.2 Å². The van der Waals surface area contributed by atoms with Gasteiger partial charge in [0.2, 0.25) is 0 Å². The van der Waals surface area contributed by atoms with Crippen LogP contribution in [0.1, 0.15) is 37.0 Å². The van der Waals surface area contributed by atoms with Crippen molar-refractivity contribution in [3.8, 4) is 0 Å². The third-order valence-corrected chi connectivity index (χ3v) is 3.96. The summed E-state index contributed by atoms with van der Waals surface area (Å²) in [6.45, 7) is 3.77. The molecule has 2 N–H and O–H groups in total. The monoisotopic (exact) mass is 298 g/mol. The van der Waals surface area contributed by atoms with Crippen molar-refractivity contribution in [1.29, 1.82) is 0 Å². The minimum Gasteiger partial charge on any atom is -0.337 e. The van der Waals surface area contributed by atoms with Crippen molar-refractivity contribution < 1.29 is 18.0 Å². The largest absolute Gasteiger partial charge is 0.337 e. The van der Waals surface area contributed by atoms with Gasteiger partial charge in [0.05, 0.1) is 4.90 Å². The number of urea groups is 1. The molecule has 20 heavy (non-hydrogen) atoms. The molecule has 110 valence electrons. The first-order chi connectivity index (χ1) is 9.36. The number of amides is 2. The van der Waals surface area contributed by atoms with Crippen LogP contribution in [0, 0.1) is 0 Å². The Bertz CT molecular complexity index is 579. The molecule has 0 bridgehead atoms. The summed E-state index contributed by atoms with van der Waals surface area (Å²) in [6, 6.07) is 4.64. The minimum absolute atomic E-state index is 0.0619. The Kier molecular flexibility index (Phi) is 5.69. The normalized spacial score (nSPS) is 10.9. The Morgan fingerprint density at radius 1 is 1.15 bits per heavy atom. The van der Waals surface area contributed by atoms with Crippen LogP contribution in [0.2, 0.25) is 0 Å². The molecule has 0 aromatic heterocycles. The molecule has 0 spiro atoms. The van der Waals surface area contributed by atoms with Gasteiger partial charge in [0.1, 0.15) is 0 Å². The molecular weight excluding hydrogens is 280 g/mol. The van der Waals surface area contributed by atoms with Crippen LogP contribution < -0.4 is 10.0 Å². The minimum atomic E-state index is -3.91. The lowest BCUT2D eigenvalue weighted by Gasteiger charge is -2.08. The Morgan fingerprint density at radius 2 is 1.75 bits per heavy atom. The van der Waals surface area contributed by atoms with Crippen molar-refractivity contribution in [2.24, 2.45) is 0 Å². The lowest BCUT2D eigenvalue weighted by molar-refractivity contribution is 0.101. The molecule has 2 amide bonds. The number of carbonyl (C=O) groups is 2. The highest BCUT2D eigenvalue weighted by Gasteiger charge is 2.17. The zero-order chi connectivity index (χ0) is 15.2. The lowest BCUT2D eigenvalue weighted by Crippen LogP contribution is -2.39. The molecule has 0 aliphatic carbocycles. The van der Waals surface area contributed by atoms with E-state index in [1.807, 2.05) is 11.6 Å². The maximum absolute atomic E-state index is 11.9. The number of sulfonamides is 1. The fraction of sp³-hybridized carbons (Fsp3) is 0.385. The molecule has 0 fully saturated rings. The second kappa shape index (κ2) is 7.04. The topological polar surface area (TPSA) is 92.3 Å². The molecule has 1 aromatic rings. The van der Waals surface area contributed by atoms with Crippen molar-refractivity contribution in [3.63, 3.8) is 0 Å². The van der Waals surface area contributed by atoms with Crippen LogP contribution >= 0.6 is 0 Å². The van der Waals surface area contributed by atoms with Crippen LogP contribution in [0.3, 0.4) is 0 Å². The van der Waals surface area contributed by atoms with Crippen LogP contribution in [0.4, 0.5) is 4.79 Å². The summed E-state index contributed by atoms with van der Waals surface area (Å²) in [6.07, 6.45) is 1.68. The summed E-state index contributed by atoms with van der Waals surface area (Å²) in [7, 11) is -3.91. The third-order valence-electron chi connectivity index (χ3n) is 2.61. The summed E-state index contributed by atoms with van der Waals surface area (Å²) < 4.78 is 25.7. The SMILES string of the molecule is CCCCNC(=O)NS(=O)(=O)c1ccc(C(C)=O)cc1. The van der Waals surface area contributed by atoms with Gasteiger partial charge in [0, 0.05) is 12.1 Å². The molecule has 0 atom stereocenters. The Balaban J connectivity index is 2.73. The number of nitrogens with one attached hydrogen (secondary N) is 2. The van der Waals surface area contributed by atoms with Crippen molar-refractivity contribution in [1.82, 2.24) is 10.0 Å². The maximum Gasteiger partial charge on any atom is 0.328 e. The van der Waals surface area contributed by atoms with Gasteiger partial charge in [0.25, 0.3) is 10.0 Å². The second-order valence-electron chi connectivity index (χ2n) is 4.30. The smallest absolute Gasteiger partial charge is 0.328 e. The van der Waals surface area contributed by atoms with Gasteiger partial charge in [-0.05, 0) is 25.5 Å². The average Bonchev–Trinajstić information content (AvgIpc) is 2.38. The summed E-state index contributed by atoms with van der Waals surface area (Å²) >= 11 is 0. The Morgan fingerprint density at radius 3 is 2.25 bits per heavy atom. The van der Waals surface area contributed by atoms with E-state index in [1.54, 1.807) is 0 Å². The fourth-order valence-corrected chi connectivity index (χ4v) is 2.39. The molecule has 6 nitrogen and oxygen atoms in total. The number of ketones is 1. The van der Waals surface area contributed by atoms with E-state index in [0.717, 1.165) is 12.8 Å². The van der Waals surface area contributed by atoms with Gasteiger partial charge in [-0.1, -0.05) is 25.5 Å². The van der Waals surface area contributed by atoms with Gasteiger partial charge in [-0.25, -0.2) is 17.9 Å². The number of carbonyl (C=O) groups excluding carboxylic acids is 2.